The Balaban J connectivity index is 2.11. The van der Waals surface area contributed by atoms with Crippen molar-refractivity contribution in [1.82, 2.24) is 14.9 Å². The zero-order valence-corrected chi connectivity index (χ0v) is 11.1. The summed E-state index contributed by atoms with van der Waals surface area (Å²) in [7, 11) is 0. The molecule has 1 N–H and O–H groups in total. The zero-order valence-electron chi connectivity index (χ0n) is 11.1. The molecule has 1 aromatic carbocycles. The van der Waals surface area contributed by atoms with Crippen LogP contribution in [0.3, 0.4) is 0 Å². The second-order valence-electron chi connectivity index (χ2n) is 4.56. The van der Waals surface area contributed by atoms with Gasteiger partial charge in [0.25, 0.3) is 0 Å². The molecule has 0 saturated carbocycles. The van der Waals surface area contributed by atoms with Gasteiger partial charge < -0.3 is 9.88 Å². The minimum absolute atomic E-state index is 0.326. The van der Waals surface area contributed by atoms with Crippen LogP contribution < -0.4 is 5.32 Å². The molecule has 1 heterocycles. The maximum Gasteiger partial charge on any atom is 0.0954 e. The molecule has 1 atom stereocenters. The van der Waals surface area contributed by atoms with Crippen molar-refractivity contribution in [3.8, 4) is 0 Å². The minimum Gasteiger partial charge on any atom is -0.326 e. The fourth-order valence-corrected chi connectivity index (χ4v) is 2.10. The molecule has 2 aromatic rings. The van der Waals surface area contributed by atoms with Gasteiger partial charge in [-0.3, -0.25) is 0 Å². The largest absolute Gasteiger partial charge is 0.326 e. The molecule has 0 amide bonds. The van der Waals surface area contributed by atoms with Crippen molar-refractivity contribution in [2.75, 3.05) is 6.54 Å². The van der Waals surface area contributed by atoms with Gasteiger partial charge in [-0.15, -0.1) is 0 Å². The average Bonchev–Trinajstić information content (AvgIpc) is 2.88. The molecule has 0 bridgehead atoms. The molecule has 3 heteroatoms. The Kier molecular flexibility index (Phi) is 4.53. The van der Waals surface area contributed by atoms with Gasteiger partial charge in [0.05, 0.1) is 18.1 Å². The molecule has 18 heavy (non-hydrogen) atoms. The number of nitrogens with one attached hydrogen (secondary N) is 1. The van der Waals surface area contributed by atoms with Gasteiger partial charge in [0, 0.05) is 12.7 Å². The van der Waals surface area contributed by atoms with E-state index < -0.39 is 0 Å². The maximum absolute atomic E-state index is 4.27. The summed E-state index contributed by atoms with van der Waals surface area (Å²) in [5, 5.41) is 3.42. The number of benzene rings is 1. The molecular formula is C15H21N3. The van der Waals surface area contributed by atoms with Crippen LogP contribution in [-0.2, 0) is 6.54 Å². The molecule has 2 rings (SSSR count). The summed E-state index contributed by atoms with van der Waals surface area (Å²) in [5.74, 6) is 0. The van der Waals surface area contributed by atoms with Gasteiger partial charge in [-0.1, -0.05) is 37.3 Å². The van der Waals surface area contributed by atoms with E-state index in [1.54, 1.807) is 0 Å². The van der Waals surface area contributed by atoms with Crippen LogP contribution >= 0.6 is 0 Å². The number of imidazole rings is 1. The fourth-order valence-electron chi connectivity index (χ4n) is 2.10. The van der Waals surface area contributed by atoms with Crippen molar-refractivity contribution >= 4 is 0 Å². The molecule has 96 valence electrons. The normalized spacial score (nSPS) is 12.6. The van der Waals surface area contributed by atoms with Crippen LogP contribution in [0.5, 0.6) is 0 Å². The molecule has 3 nitrogen and oxygen atoms in total. The summed E-state index contributed by atoms with van der Waals surface area (Å²) in [4.78, 5) is 4.27. The van der Waals surface area contributed by atoms with Crippen LogP contribution in [0.4, 0.5) is 0 Å². The van der Waals surface area contributed by atoms with Gasteiger partial charge in [-0.25, -0.2) is 4.98 Å². The standard InChI is InChI=1S/C15H21N3/c1-3-9-16-10-15-11-17-12-18(15)13(2)14-7-5-4-6-8-14/h4-8,11-13,16H,3,9-10H2,1-2H3. The van der Waals surface area contributed by atoms with Gasteiger partial charge >= 0.3 is 0 Å². The Labute approximate surface area is 109 Å². The van der Waals surface area contributed by atoms with E-state index in [1.807, 2.05) is 18.6 Å². The SMILES string of the molecule is CCCNCc1cncn1C(C)c1ccccc1. The lowest BCUT2D eigenvalue weighted by molar-refractivity contribution is 0.574. The quantitative estimate of drug-likeness (QED) is 0.790. The highest BCUT2D eigenvalue weighted by Gasteiger charge is 2.10. The lowest BCUT2D eigenvalue weighted by atomic mass is 10.1. The van der Waals surface area contributed by atoms with Gasteiger partial charge in [-0.2, -0.15) is 0 Å². The summed E-state index contributed by atoms with van der Waals surface area (Å²) in [6.07, 6.45) is 5.02. The molecule has 0 aliphatic rings. The number of hydrogen-bond acceptors (Lipinski definition) is 2. The second kappa shape index (κ2) is 6.36. The van der Waals surface area contributed by atoms with Crippen LogP contribution in [0.1, 0.15) is 37.6 Å². The first-order valence-corrected chi connectivity index (χ1v) is 6.59. The lowest BCUT2D eigenvalue weighted by Gasteiger charge is -2.17. The molecule has 1 aromatic heterocycles. The van der Waals surface area contributed by atoms with E-state index in [1.165, 1.54) is 11.3 Å². The fraction of sp³-hybridized carbons (Fsp3) is 0.400. The van der Waals surface area contributed by atoms with Crippen molar-refractivity contribution in [1.29, 1.82) is 0 Å². The van der Waals surface area contributed by atoms with Crippen molar-refractivity contribution in [3.63, 3.8) is 0 Å². The summed E-state index contributed by atoms with van der Waals surface area (Å²) in [5.41, 5.74) is 2.55. The van der Waals surface area contributed by atoms with Gasteiger partial charge in [0.2, 0.25) is 0 Å². The van der Waals surface area contributed by atoms with E-state index in [9.17, 15) is 0 Å². The van der Waals surface area contributed by atoms with Gasteiger partial charge in [0.1, 0.15) is 0 Å². The molecule has 1 unspecified atom stereocenters. The Morgan fingerprint density at radius 3 is 2.78 bits per heavy atom. The molecule has 0 saturated heterocycles. The molecule has 0 aliphatic heterocycles. The highest BCUT2D eigenvalue weighted by atomic mass is 15.1. The summed E-state index contributed by atoms with van der Waals surface area (Å²) < 4.78 is 2.23. The predicted molar refractivity (Wildman–Crippen MR) is 74.5 cm³/mol. The smallest absolute Gasteiger partial charge is 0.0954 e. The van der Waals surface area contributed by atoms with Crippen LogP contribution in [0.25, 0.3) is 0 Å². The third kappa shape index (κ3) is 2.99. The van der Waals surface area contributed by atoms with Crippen LogP contribution in [-0.4, -0.2) is 16.1 Å². The monoisotopic (exact) mass is 243 g/mol. The average molecular weight is 243 g/mol. The van der Waals surface area contributed by atoms with Crippen molar-refractivity contribution in [2.45, 2.75) is 32.9 Å². The van der Waals surface area contributed by atoms with Crippen molar-refractivity contribution < 1.29 is 0 Å². The summed E-state index contributed by atoms with van der Waals surface area (Å²) in [6.45, 7) is 6.31. The number of rotatable bonds is 6. The van der Waals surface area contributed by atoms with E-state index >= 15 is 0 Å². The van der Waals surface area contributed by atoms with Gasteiger partial charge in [0.15, 0.2) is 0 Å². The number of nitrogens with zero attached hydrogens (tertiary/aromatic N) is 2. The predicted octanol–water partition coefficient (Wildman–Crippen LogP) is 2.99. The first-order valence-electron chi connectivity index (χ1n) is 6.59. The van der Waals surface area contributed by atoms with Gasteiger partial charge in [-0.05, 0) is 25.5 Å². The van der Waals surface area contributed by atoms with E-state index in [0.717, 1.165) is 19.5 Å². The summed E-state index contributed by atoms with van der Waals surface area (Å²) >= 11 is 0. The Hall–Kier alpha value is -1.61. The minimum atomic E-state index is 0.326. The van der Waals surface area contributed by atoms with Crippen molar-refractivity contribution in [3.05, 3.63) is 54.1 Å². The van der Waals surface area contributed by atoms with E-state index in [4.69, 9.17) is 0 Å². The van der Waals surface area contributed by atoms with E-state index in [2.05, 4.69) is 53.0 Å². The van der Waals surface area contributed by atoms with Crippen LogP contribution in [0.2, 0.25) is 0 Å². The first-order chi connectivity index (χ1) is 8.83. The highest BCUT2D eigenvalue weighted by Crippen LogP contribution is 2.19. The molecule has 0 aliphatic carbocycles. The molecule has 0 fully saturated rings. The lowest BCUT2D eigenvalue weighted by Crippen LogP contribution is -2.18. The third-order valence-corrected chi connectivity index (χ3v) is 3.18. The number of hydrogen-bond donors (Lipinski definition) is 1. The topological polar surface area (TPSA) is 29.9 Å². The zero-order chi connectivity index (χ0) is 12.8. The molecule has 0 radical (unpaired) electrons. The molecular weight excluding hydrogens is 222 g/mol. The second-order valence-corrected chi connectivity index (χ2v) is 4.56. The highest BCUT2D eigenvalue weighted by molar-refractivity contribution is 5.20. The molecule has 0 spiro atoms. The third-order valence-electron chi connectivity index (χ3n) is 3.18. The Bertz CT molecular complexity index is 462. The Morgan fingerprint density at radius 2 is 2.06 bits per heavy atom. The Morgan fingerprint density at radius 1 is 1.28 bits per heavy atom. The maximum atomic E-state index is 4.27. The van der Waals surface area contributed by atoms with Crippen LogP contribution in [0.15, 0.2) is 42.9 Å². The van der Waals surface area contributed by atoms with Crippen molar-refractivity contribution in [2.24, 2.45) is 0 Å². The first kappa shape index (κ1) is 12.8. The van der Waals surface area contributed by atoms with E-state index in [-0.39, 0.29) is 0 Å². The van der Waals surface area contributed by atoms with Crippen LogP contribution in [0, 0.1) is 0 Å². The summed E-state index contributed by atoms with van der Waals surface area (Å²) in [6, 6.07) is 10.9. The van der Waals surface area contributed by atoms with E-state index in [0.29, 0.717) is 6.04 Å². The number of aromatic nitrogens is 2.